The van der Waals surface area contributed by atoms with E-state index in [4.69, 9.17) is 4.74 Å². The standard InChI is InChI=1S/C14H25NO5/c1-9(16)10-6-7-14(5,11(17)18)8-15(10)12(19)20-13(2,3)4/h9-10,16H,6-8H2,1-5H3,(H,17,18). The van der Waals surface area contributed by atoms with Crippen LogP contribution in [-0.4, -0.2) is 51.5 Å². The van der Waals surface area contributed by atoms with Crippen LogP contribution in [0.1, 0.15) is 47.5 Å². The number of nitrogens with zero attached hydrogens (tertiary/aromatic N) is 1. The molecule has 0 aromatic rings. The van der Waals surface area contributed by atoms with Gasteiger partial charge in [-0.1, -0.05) is 0 Å². The number of aliphatic hydroxyl groups excluding tert-OH is 1. The average molecular weight is 287 g/mol. The van der Waals surface area contributed by atoms with E-state index in [0.29, 0.717) is 12.8 Å². The zero-order valence-corrected chi connectivity index (χ0v) is 12.8. The van der Waals surface area contributed by atoms with Crippen LogP contribution in [-0.2, 0) is 9.53 Å². The molecule has 2 N–H and O–H groups in total. The van der Waals surface area contributed by atoms with Gasteiger partial charge in [0.1, 0.15) is 5.60 Å². The van der Waals surface area contributed by atoms with Gasteiger partial charge in [0.25, 0.3) is 0 Å². The molecule has 0 aromatic carbocycles. The third kappa shape index (κ3) is 3.85. The van der Waals surface area contributed by atoms with E-state index < -0.39 is 35.2 Å². The molecule has 3 unspecified atom stereocenters. The van der Waals surface area contributed by atoms with Crippen LogP contribution in [0.2, 0.25) is 0 Å². The van der Waals surface area contributed by atoms with Crippen LogP contribution in [0.3, 0.4) is 0 Å². The van der Waals surface area contributed by atoms with Gasteiger partial charge in [-0.25, -0.2) is 4.79 Å². The van der Waals surface area contributed by atoms with Crippen LogP contribution in [0.25, 0.3) is 0 Å². The van der Waals surface area contributed by atoms with E-state index in [1.807, 2.05) is 0 Å². The molecule has 1 rings (SSSR count). The van der Waals surface area contributed by atoms with Gasteiger partial charge in [-0.2, -0.15) is 0 Å². The summed E-state index contributed by atoms with van der Waals surface area (Å²) >= 11 is 0. The van der Waals surface area contributed by atoms with Crippen molar-refractivity contribution in [1.82, 2.24) is 4.90 Å². The van der Waals surface area contributed by atoms with Crippen molar-refractivity contribution in [2.75, 3.05) is 6.54 Å². The van der Waals surface area contributed by atoms with Crippen molar-refractivity contribution in [2.45, 2.75) is 65.2 Å². The Morgan fingerprint density at radius 1 is 1.40 bits per heavy atom. The first-order chi connectivity index (χ1) is 8.96. The maximum atomic E-state index is 12.2. The summed E-state index contributed by atoms with van der Waals surface area (Å²) in [5.41, 5.74) is -1.65. The molecule has 6 heteroatoms. The Bertz CT molecular complexity index is 388. The molecule has 116 valence electrons. The van der Waals surface area contributed by atoms with Crippen LogP contribution in [0, 0.1) is 5.41 Å². The van der Waals surface area contributed by atoms with Crippen molar-refractivity contribution in [2.24, 2.45) is 5.41 Å². The van der Waals surface area contributed by atoms with Gasteiger partial charge in [0.05, 0.1) is 17.6 Å². The SMILES string of the molecule is CC(O)C1CCC(C)(C(=O)O)CN1C(=O)OC(C)(C)C. The molecule has 0 bridgehead atoms. The fraction of sp³-hybridized carbons (Fsp3) is 0.857. The first-order valence-corrected chi connectivity index (χ1v) is 6.87. The van der Waals surface area contributed by atoms with Crippen molar-refractivity contribution >= 4 is 12.1 Å². The fourth-order valence-corrected chi connectivity index (χ4v) is 2.39. The molecule has 0 aliphatic carbocycles. The van der Waals surface area contributed by atoms with Gasteiger partial charge in [-0.05, 0) is 47.5 Å². The number of carbonyl (C=O) groups excluding carboxylic acids is 1. The summed E-state index contributed by atoms with van der Waals surface area (Å²) in [7, 11) is 0. The fourth-order valence-electron chi connectivity index (χ4n) is 2.39. The van der Waals surface area contributed by atoms with Crippen LogP contribution >= 0.6 is 0 Å². The number of carbonyl (C=O) groups is 2. The molecule has 6 nitrogen and oxygen atoms in total. The monoisotopic (exact) mass is 287 g/mol. The lowest BCUT2D eigenvalue weighted by Gasteiger charge is -2.44. The highest BCUT2D eigenvalue weighted by Gasteiger charge is 2.45. The van der Waals surface area contributed by atoms with Gasteiger partial charge in [-0.15, -0.1) is 0 Å². The number of hydrogen-bond acceptors (Lipinski definition) is 4. The molecular weight excluding hydrogens is 262 g/mol. The summed E-state index contributed by atoms with van der Waals surface area (Å²) < 4.78 is 5.31. The number of carboxylic acid groups (broad SMARTS) is 1. The molecule has 0 radical (unpaired) electrons. The van der Waals surface area contributed by atoms with E-state index in [9.17, 15) is 19.8 Å². The molecule has 0 aromatic heterocycles. The minimum Gasteiger partial charge on any atom is -0.481 e. The first kappa shape index (κ1) is 16.8. The summed E-state index contributed by atoms with van der Waals surface area (Å²) in [5.74, 6) is -0.935. The van der Waals surface area contributed by atoms with E-state index in [-0.39, 0.29) is 6.54 Å². The summed E-state index contributed by atoms with van der Waals surface area (Å²) in [6.07, 6.45) is -0.423. The van der Waals surface area contributed by atoms with E-state index in [1.165, 1.54) is 4.90 Å². The number of amides is 1. The van der Waals surface area contributed by atoms with E-state index in [0.717, 1.165) is 0 Å². The number of piperidine rings is 1. The highest BCUT2D eigenvalue weighted by molar-refractivity contribution is 5.76. The van der Waals surface area contributed by atoms with Gasteiger partial charge in [0.15, 0.2) is 0 Å². The second-order valence-corrected chi connectivity index (χ2v) is 6.82. The molecule has 20 heavy (non-hydrogen) atoms. The Balaban J connectivity index is 2.95. The Labute approximate surface area is 119 Å². The molecular formula is C14H25NO5. The Morgan fingerprint density at radius 3 is 2.35 bits per heavy atom. The van der Waals surface area contributed by atoms with Crippen molar-refractivity contribution in [3.8, 4) is 0 Å². The molecule has 1 fully saturated rings. The predicted molar refractivity (Wildman–Crippen MR) is 73.4 cm³/mol. The van der Waals surface area contributed by atoms with E-state index >= 15 is 0 Å². The Kier molecular flexibility index (Phi) is 4.69. The topological polar surface area (TPSA) is 87.1 Å². The van der Waals surface area contributed by atoms with Gasteiger partial charge >= 0.3 is 12.1 Å². The largest absolute Gasteiger partial charge is 0.481 e. The number of aliphatic hydroxyl groups is 1. The highest BCUT2D eigenvalue weighted by Crippen LogP contribution is 2.34. The van der Waals surface area contributed by atoms with Crippen molar-refractivity contribution in [1.29, 1.82) is 0 Å². The number of aliphatic carboxylic acids is 1. The second kappa shape index (κ2) is 5.60. The van der Waals surface area contributed by atoms with Gasteiger partial charge < -0.3 is 19.8 Å². The molecule has 0 spiro atoms. The maximum absolute atomic E-state index is 12.2. The van der Waals surface area contributed by atoms with Crippen molar-refractivity contribution in [3.05, 3.63) is 0 Å². The number of likely N-dealkylation sites (tertiary alicyclic amines) is 1. The molecule has 0 saturated carbocycles. The number of rotatable bonds is 2. The lowest BCUT2D eigenvalue weighted by molar-refractivity contribution is -0.153. The van der Waals surface area contributed by atoms with Crippen LogP contribution in [0.15, 0.2) is 0 Å². The maximum Gasteiger partial charge on any atom is 0.410 e. The Morgan fingerprint density at radius 2 is 1.95 bits per heavy atom. The van der Waals surface area contributed by atoms with Crippen molar-refractivity contribution < 1.29 is 24.5 Å². The van der Waals surface area contributed by atoms with E-state index in [2.05, 4.69) is 0 Å². The number of carboxylic acids is 1. The van der Waals surface area contributed by atoms with Gasteiger partial charge in [-0.3, -0.25) is 4.79 Å². The zero-order valence-electron chi connectivity index (χ0n) is 12.8. The molecule has 1 heterocycles. The second-order valence-electron chi connectivity index (χ2n) is 6.82. The summed E-state index contributed by atoms with van der Waals surface area (Å²) in [4.78, 5) is 25.0. The highest BCUT2D eigenvalue weighted by atomic mass is 16.6. The van der Waals surface area contributed by atoms with Crippen LogP contribution in [0.5, 0.6) is 0 Å². The van der Waals surface area contributed by atoms with Gasteiger partial charge in [0.2, 0.25) is 0 Å². The third-order valence-electron chi connectivity index (χ3n) is 3.61. The van der Waals surface area contributed by atoms with Crippen LogP contribution in [0.4, 0.5) is 4.79 Å². The van der Waals surface area contributed by atoms with Crippen LogP contribution < -0.4 is 0 Å². The quantitative estimate of drug-likeness (QED) is 0.809. The average Bonchev–Trinajstić information content (AvgIpc) is 2.25. The number of ether oxygens (including phenoxy) is 1. The molecule has 1 aliphatic rings. The molecule has 1 amide bonds. The first-order valence-electron chi connectivity index (χ1n) is 6.87. The summed E-state index contributed by atoms with van der Waals surface area (Å²) in [6, 6.07) is -0.405. The Hall–Kier alpha value is -1.30. The smallest absolute Gasteiger partial charge is 0.410 e. The van der Waals surface area contributed by atoms with E-state index in [1.54, 1.807) is 34.6 Å². The van der Waals surface area contributed by atoms with Gasteiger partial charge in [0, 0.05) is 6.54 Å². The third-order valence-corrected chi connectivity index (χ3v) is 3.61. The summed E-state index contributed by atoms with van der Waals surface area (Å²) in [5, 5.41) is 19.1. The lowest BCUT2D eigenvalue weighted by Crippen LogP contribution is -2.57. The zero-order chi connectivity index (χ0) is 15.7. The lowest BCUT2D eigenvalue weighted by atomic mass is 9.78. The predicted octanol–water partition coefficient (Wildman–Crippen LogP) is 1.86. The minimum atomic E-state index is -0.998. The minimum absolute atomic E-state index is 0.0484. The van der Waals surface area contributed by atoms with Crippen molar-refractivity contribution in [3.63, 3.8) is 0 Å². The molecule has 3 atom stereocenters. The number of hydrogen-bond donors (Lipinski definition) is 2. The normalized spacial score (nSPS) is 28.9. The molecule has 1 saturated heterocycles. The molecule has 1 aliphatic heterocycles. The summed E-state index contributed by atoms with van der Waals surface area (Å²) in [6.45, 7) is 8.52.